The van der Waals surface area contributed by atoms with Crippen molar-refractivity contribution >= 4 is 23.3 Å². The summed E-state index contributed by atoms with van der Waals surface area (Å²) in [6.45, 7) is 29.2. The molecular weight excluding hydrogens is 724 g/mol. The quantitative estimate of drug-likeness (QED) is 0.158. The van der Waals surface area contributed by atoms with Crippen molar-refractivity contribution in [1.82, 2.24) is 4.90 Å². The number of likely N-dealkylation sites (tertiary alicyclic amines) is 1. The van der Waals surface area contributed by atoms with Crippen molar-refractivity contribution in [2.24, 2.45) is 15.9 Å². The van der Waals surface area contributed by atoms with Crippen molar-refractivity contribution in [2.75, 3.05) is 26.2 Å². The molecule has 0 saturated carbocycles. The molecular formula is C44H64FN4O2Y. The van der Waals surface area contributed by atoms with Crippen molar-refractivity contribution in [3.8, 4) is 11.8 Å². The first-order valence-corrected chi connectivity index (χ1v) is 18.6. The van der Waals surface area contributed by atoms with E-state index in [2.05, 4.69) is 49.5 Å². The number of carbonyl (C=O) groups excluding carboxylic acids is 1. The van der Waals surface area contributed by atoms with Gasteiger partial charge < -0.3 is 28.3 Å². The molecule has 6 nitrogen and oxygen atoms in total. The van der Waals surface area contributed by atoms with E-state index in [9.17, 15) is 9.18 Å². The third-order valence-electron chi connectivity index (χ3n) is 8.35. The Morgan fingerprint density at radius 2 is 1.87 bits per heavy atom. The topological polar surface area (TPSA) is 78.1 Å². The Kier molecular flexibility index (Phi) is 31.3. The van der Waals surface area contributed by atoms with Crippen LogP contribution in [0, 0.1) is 50.8 Å². The first-order chi connectivity index (χ1) is 24.6. The number of aryl methyl sites for hydroxylation is 2. The van der Waals surface area contributed by atoms with Crippen LogP contribution >= 0.6 is 0 Å². The molecule has 1 unspecified atom stereocenters. The van der Waals surface area contributed by atoms with Crippen molar-refractivity contribution in [3.63, 3.8) is 0 Å². The zero-order valence-corrected chi connectivity index (χ0v) is 36.5. The van der Waals surface area contributed by atoms with Gasteiger partial charge in [-0.05, 0) is 81.8 Å². The summed E-state index contributed by atoms with van der Waals surface area (Å²) in [7, 11) is 0. The molecule has 2 aliphatic rings. The van der Waals surface area contributed by atoms with Crippen molar-refractivity contribution in [3.05, 3.63) is 96.3 Å². The minimum Gasteiger partial charge on any atom is -0.476 e. The maximum Gasteiger partial charge on any atom is 3.00 e. The molecule has 4 rings (SSSR count). The van der Waals surface area contributed by atoms with Crippen LogP contribution in [0.25, 0.3) is 5.57 Å². The number of hydrogen-bond acceptors (Lipinski definition) is 6. The molecule has 0 amide bonds. The number of ether oxygens (including phenoxy) is 1. The van der Waals surface area contributed by atoms with E-state index < -0.39 is 5.82 Å². The van der Waals surface area contributed by atoms with Gasteiger partial charge in [-0.15, -0.1) is 29.7 Å². The fourth-order valence-electron chi connectivity index (χ4n) is 5.31. The predicted molar refractivity (Wildman–Crippen MR) is 217 cm³/mol. The molecule has 0 aliphatic carbocycles. The zero-order valence-electron chi connectivity index (χ0n) is 33.7. The number of benzene rings is 2. The van der Waals surface area contributed by atoms with Crippen LogP contribution in [-0.2, 0) is 43.9 Å². The number of nitrogens with zero attached hydrogens (tertiary/aromatic N) is 4. The average Bonchev–Trinajstić information content (AvgIpc) is 3.84. The Hall–Kier alpha value is -2.79. The molecule has 2 aromatic rings. The van der Waals surface area contributed by atoms with E-state index in [0.29, 0.717) is 17.5 Å². The van der Waals surface area contributed by atoms with Crippen LogP contribution in [0.1, 0.15) is 121 Å². The van der Waals surface area contributed by atoms with Gasteiger partial charge >= 0.3 is 32.7 Å². The minimum absolute atomic E-state index is 0. The molecule has 1 saturated heterocycles. The number of nitriles is 1. The SMILES string of the molecule is C/C=C\N=C(C)C1=NC=C(c2ccc(OCC#N)c(F)c2C)C1.CC.CCCN1CCC(CC)C1.CCc1ccc([C-]=O)c(C)c1.[CH2-]CCC[CH2-].[Y+3]. The summed E-state index contributed by atoms with van der Waals surface area (Å²) in [6.07, 6.45) is 16.2. The Labute approximate surface area is 342 Å². The second-order valence-corrected chi connectivity index (χ2v) is 12.1. The van der Waals surface area contributed by atoms with Crippen LogP contribution in [0.4, 0.5) is 4.39 Å². The van der Waals surface area contributed by atoms with E-state index in [-0.39, 0.29) is 45.1 Å². The number of allylic oxidation sites excluding steroid dienone is 2. The van der Waals surface area contributed by atoms with Crippen LogP contribution in [0.5, 0.6) is 5.75 Å². The van der Waals surface area contributed by atoms with Gasteiger partial charge in [0.15, 0.2) is 18.2 Å². The van der Waals surface area contributed by atoms with Gasteiger partial charge in [-0.25, -0.2) is 4.39 Å². The number of unbranched alkanes of at least 4 members (excludes halogenated alkanes) is 2. The van der Waals surface area contributed by atoms with E-state index >= 15 is 0 Å². The molecule has 0 radical (unpaired) electrons. The number of halogens is 1. The third-order valence-corrected chi connectivity index (χ3v) is 8.35. The molecule has 0 N–H and O–H groups in total. The Balaban J connectivity index is 0. The summed E-state index contributed by atoms with van der Waals surface area (Å²) in [5.74, 6) is 0.663. The van der Waals surface area contributed by atoms with E-state index in [1.165, 1.54) is 50.9 Å². The molecule has 8 heteroatoms. The molecule has 0 spiro atoms. The van der Waals surface area contributed by atoms with Gasteiger partial charge in [0.25, 0.3) is 0 Å². The third kappa shape index (κ3) is 19.3. The summed E-state index contributed by atoms with van der Waals surface area (Å²) in [5.41, 5.74) is 6.90. The van der Waals surface area contributed by atoms with Gasteiger partial charge in [-0.3, -0.25) is 9.98 Å². The number of aliphatic imine (C=N–C) groups is 2. The van der Waals surface area contributed by atoms with Crippen molar-refractivity contribution in [1.29, 1.82) is 5.26 Å². The van der Waals surface area contributed by atoms with Gasteiger partial charge in [0, 0.05) is 25.4 Å². The molecule has 2 aromatic carbocycles. The monoisotopic (exact) mass is 788 g/mol. The van der Waals surface area contributed by atoms with Gasteiger partial charge in [-0.1, -0.05) is 65.7 Å². The van der Waals surface area contributed by atoms with Crippen LogP contribution in [-0.4, -0.2) is 48.9 Å². The predicted octanol–water partition coefficient (Wildman–Crippen LogP) is 11.2. The maximum atomic E-state index is 14.3. The summed E-state index contributed by atoms with van der Waals surface area (Å²) >= 11 is 0. The van der Waals surface area contributed by atoms with E-state index in [1.54, 1.807) is 31.5 Å². The molecule has 1 atom stereocenters. The zero-order chi connectivity index (χ0) is 38.6. The maximum absolute atomic E-state index is 14.3. The van der Waals surface area contributed by atoms with Crippen LogP contribution < -0.4 is 4.74 Å². The smallest absolute Gasteiger partial charge is 0.476 e. The van der Waals surface area contributed by atoms with Crippen LogP contribution in [0.2, 0.25) is 0 Å². The summed E-state index contributed by atoms with van der Waals surface area (Å²) in [5, 5.41) is 8.52. The number of rotatable bonds is 12. The average molecular weight is 789 g/mol. The van der Waals surface area contributed by atoms with Gasteiger partial charge in [0.2, 0.25) is 0 Å². The van der Waals surface area contributed by atoms with Crippen LogP contribution in [0.15, 0.2) is 58.8 Å². The Morgan fingerprint density at radius 1 is 1.17 bits per heavy atom. The molecule has 0 bridgehead atoms. The largest absolute Gasteiger partial charge is 3.00 e. The second kappa shape index (κ2) is 31.7. The molecule has 2 aliphatic heterocycles. The van der Waals surface area contributed by atoms with Crippen molar-refractivity contribution in [2.45, 2.75) is 114 Å². The Bertz CT molecular complexity index is 1460. The van der Waals surface area contributed by atoms with Gasteiger partial charge in [0.1, 0.15) is 6.07 Å². The molecule has 0 aromatic heterocycles. The van der Waals surface area contributed by atoms with E-state index in [0.717, 1.165) is 53.3 Å². The second-order valence-electron chi connectivity index (χ2n) is 12.1. The molecule has 52 heavy (non-hydrogen) atoms. The van der Waals surface area contributed by atoms with Crippen LogP contribution in [0.3, 0.4) is 0 Å². The van der Waals surface area contributed by atoms with E-state index in [4.69, 9.17) is 10.00 Å². The van der Waals surface area contributed by atoms with Gasteiger partial charge in [0.05, 0.1) is 17.7 Å². The summed E-state index contributed by atoms with van der Waals surface area (Å²) in [4.78, 5) is 21.6. The van der Waals surface area contributed by atoms with E-state index in [1.807, 2.05) is 71.2 Å². The first-order valence-electron chi connectivity index (χ1n) is 18.6. The fourth-order valence-corrected chi connectivity index (χ4v) is 5.31. The number of hydrogen-bond donors (Lipinski definition) is 0. The normalized spacial score (nSPS) is 14.8. The molecule has 2 heterocycles. The van der Waals surface area contributed by atoms with Crippen molar-refractivity contribution < 1.29 is 46.6 Å². The minimum atomic E-state index is -0.439. The standard InChI is InChI=1S/C18H18FN3O.C10H11O.C9H19N.C5H10.C2H6.Y/c1-4-8-21-13(3)16-10-14(11-22-16)15-5-6-17(23-9-7-20)18(19)12(15)2;1-3-9-4-5-10(7-11)8(2)6-9;1-3-6-10-7-5-9(4-2)8-10;1-3-5-4-2;1-2;/h4-6,8,11H,9-10H2,1-3H3;4-6H,3H2,1-2H3;9H,3-8H2,1-2H3;1-5H2;1-2H3;/q;-1;;-2;;+3/b8-4-,21-13?;;;;;. The molecule has 282 valence electrons. The van der Waals surface area contributed by atoms with Gasteiger partial charge in [-0.2, -0.15) is 24.2 Å². The summed E-state index contributed by atoms with van der Waals surface area (Å²) in [6, 6.07) is 11.0. The fraction of sp³-hybridized carbons (Fsp3) is 0.500. The Morgan fingerprint density at radius 3 is 2.37 bits per heavy atom. The molecule has 1 fully saturated rings. The summed E-state index contributed by atoms with van der Waals surface area (Å²) < 4.78 is 19.4. The first kappa shape index (κ1) is 51.3.